The molecule has 5 nitrogen and oxygen atoms in total. The van der Waals surface area contributed by atoms with Crippen molar-refractivity contribution in [3.8, 4) is 11.5 Å². The summed E-state index contributed by atoms with van der Waals surface area (Å²) in [5.74, 6) is 1.78. The zero-order valence-electron chi connectivity index (χ0n) is 10.4. The molecule has 1 amide bonds. The minimum absolute atomic E-state index is 0.130. The summed E-state index contributed by atoms with van der Waals surface area (Å²) in [5.41, 5.74) is 0.863. The third kappa shape index (κ3) is 2.91. The number of nitrogens with zero attached hydrogens (tertiary/aromatic N) is 1. The van der Waals surface area contributed by atoms with E-state index >= 15 is 0 Å². The van der Waals surface area contributed by atoms with Crippen molar-refractivity contribution in [1.29, 1.82) is 0 Å². The predicted octanol–water partition coefficient (Wildman–Crippen LogP) is 2.75. The average Bonchev–Trinajstić information content (AvgIpc) is 2.86. The van der Waals surface area contributed by atoms with Gasteiger partial charge in [0.05, 0.1) is 6.42 Å². The molecule has 0 aliphatic carbocycles. The van der Waals surface area contributed by atoms with Crippen LogP contribution in [-0.4, -0.2) is 17.7 Å². The SMILES string of the molecule is O=C(Cc1ccc2c(c1)OCO2)Nc1cc(Br)ccn1. The summed E-state index contributed by atoms with van der Waals surface area (Å²) in [5, 5.41) is 2.75. The van der Waals surface area contributed by atoms with Crippen LogP contribution >= 0.6 is 15.9 Å². The van der Waals surface area contributed by atoms with Crippen LogP contribution in [0.3, 0.4) is 0 Å². The Kier molecular flexibility index (Phi) is 3.56. The molecule has 102 valence electrons. The molecule has 1 aromatic carbocycles. The van der Waals surface area contributed by atoms with E-state index in [1.54, 1.807) is 18.3 Å². The Balaban J connectivity index is 1.67. The lowest BCUT2D eigenvalue weighted by atomic mass is 10.1. The van der Waals surface area contributed by atoms with Gasteiger partial charge in [0.15, 0.2) is 11.5 Å². The van der Waals surface area contributed by atoms with E-state index in [9.17, 15) is 4.79 Å². The van der Waals surface area contributed by atoms with E-state index in [-0.39, 0.29) is 19.1 Å². The number of hydrogen-bond acceptors (Lipinski definition) is 4. The number of aromatic nitrogens is 1. The number of fused-ring (bicyclic) bond motifs is 1. The van der Waals surface area contributed by atoms with Gasteiger partial charge >= 0.3 is 0 Å². The van der Waals surface area contributed by atoms with Crippen molar-refractivity contribution in [1.82, 2.24) is 4.98 Å². The van der Waals surface area contributed by atoms with Crippen LogP contribution in [0.15, 0.2) is 41.0 Å². The highest BCUT2D eigenvalue weighted by Gasteiger charge is 2.14. The number of benzene rings is 1. The monoisotopic (exact) mass is 334 g/mol. The summed E-state index contributed by atoms with van der Waals surface area (Å²) in [6, 6.07) is 9.02. The molecule has 3 rings (SSSR count). The smallest absolute Gasteiger partial charge is 0.231 e. The molecule has 2 heterocycles. The van der Waals surface area contributed by atoms with E-state index < -0.39 is 0 Å². The van der Waals surface area contributed by atoms with Crippen LogP contribution in [-0.2, 0) is 11.2 Å². The third-order valence-corrected chi connectivity index (χ3v) is 3.28. The molecule has 1 N–H and O–H groups in total. The largest absolute Gasteiger partial charge is 0.454 e. The summed E-state index contributed by atoms with van der Waals surface area (Å²) in [6.07, 6.45) is 1.88. The summed E-state index contributed by atoms with van der Waals surface area (Å²) in [4.78, 5) is 16.0. The highest BCUT2D eigenvalue weighted by Crippen LogP contribution is 2.32. The zero-order chi connectivity index (χ0) is 13.9. The molecule has 1 aliphatic heterocycles. The summed E-state index contributed by atoms with van der Waals surface area (Å²) in [7, 11) is 0. The maximum atomic E-state index is 12.0. The highest BCUT2D eigenvalue weighted by atomic mass is 79.9. The van der Waals surface area contributed by atoms with Gasteiger partial charge < -0.3 is 14.8 Å². The number of anilines is 1. The van der Waals surface area contributed by atoms with Crippen molar-refractivity contribution in [2.24, 2.45) is 0 Å². The minimum atomic E-state index is -0.130. The van der Waals surface area contributed by atoms with Gasteiger partial charge in [0.1, 0.15) is 5.82 Å². The molecular formula is C14H11BrN2O3. The summed E-state index contributed by atoms with van der Waals surface area (Å²) < 4.78 is 11.4. The molecule has 0 saturated carbocycles. The molecule has 0 fully saturated rings. The molecule has 20 heavy (non-hydrogen) atoms. The number of hydrogen-bond donors (Lipinski definition) is 1. The molecule has 1 aromatic heterocycles. The van der Waals surface area contributed by atoms with Crippen molar-refractivity contribution >= 4 is 27.7 Å². The van der Waals surface area contributed by atoms with E-state index in [4.69, 9.17) is 9.47 Å². The van der Waals surface area contributed by atoms with Crippen LogP contribution in [0.5, 0.6) is 11.5 Å². The van der Waals surface area contributed by atoms with Crippen LogP contribution in [0.2, 0.25) is 0 Å². The number of carbonyl (C=O) groups is 1. The molecule has 1 aliphatic rings. The first-order valence-corrected chi connectivity index (χ1v) is 6.80. The van der Waals surface area contributed by atoms with Gasteiger partial charge in [-0.25, -0.2) is 4.98 Å². The second-order valence-corrected chi connectivity index (χ2v) is 5.19. The van der Waals surface area contributed by atoms with Gasteiger partial charge in [-0.1, -0.05) is 22.0 Å². The normalized spacial score (nSPS) is 12.2. The lowest BCUT2D eigenvalue weighted by molar-refractivity contribution is -0.115. The van der Waals surface area contributed by atoms with Crippen LogP contribution < -0.4 is 14.8 Å². The Labute approximate surface area is 124 Å². The maximum absolute atomic E-state index is 12.0. The van der Waals surface area contributed by atoms with Crippen molar-refractivity contribution in [2.75, 3.05) is 12.1 Å². The number of pyridine rings is 1. The standard InChI is InChI=1S/C14H11BrN2O3/c15-10-3-4-16-13(7-10)17-14(18)6-9-1-2-11-12(5-9)20-8-19-11/h1-5,7H,6,8H2,(H,16,17,18). The van der Waals surface area contributed by atoms with E-state index in [1.165, 1.54) is 0 Å². The molecule has 0 spiro atoms. The number of rotatable bonds is 3. The first-order valence-electron chi connectivity index (χ1n) is 6.01. The summed E-state index contributed by atoms with van der Waals surface area (Å²) >= 11 is 3.33. The molecule has 6 heteroatoms. The van der Waals surface area contributed by atoms with Gasteiger partial charge in [0.2, 0.25) is 12.7 Å². The quantitative estimate of drug-likeness (QED) is 0.937. The molecule has 2 aromatic rings. The number of halogens is 1. The fraction of sp³-hybridized carbons (Fsp3) is 0.143. The van der Waals surface area contributed by atoms with Crippen LogP contribution in [0.25, 0.3) is 0 Å². The van der Waals surface area contributed by atoms with E-state index in [1.807, 2.05) is 18.2 Å². The Bertz CT molecular complexity index is 661. The summed E-state index contributed by atoms with van der Waals surface area (Å²) in [6.45, 7) is 0.229. The van der Waals surface area contributed by atoms with Gasteiger partial charge in [0.25, 0.3) is 0 Å². The van der Waals surface area contributed by atoms with Gasteiger partial charge in [-0.15, -0.1) is 0 Å². The fourth-order valence-electron chi connectivity index (χ4n) is 1.90. The van der Waals surface area contributed by atoms with Crippen LogP contribution in [0, 0.1) is 0 Å². The number of carbonyl (C=O) groups excluding carboxylic acids is 1. The van der Waals surface area contributed by atoms with Gasteiger partial charge in [-0.05, 0) is 29.8 Å². The van der Waals surface area contributed by atoms with Crippen molar-refractivity contribution < 1.29 is 14.3 Å². The maximum Gasteiger partial charge on any atom is 0.231 e. The Morgan fingerprint density at radius 2 is 2.10 bits per heavy atom. The average molecular weight is 335 g/mol. The molecule has 0 unspecified atom stereocenters. The number of nitrogens with one attached hydrogen (secondary N) is 1. The molecule has 0 atom stereocenters. The van der Waals surface area contributed by atoms with E-state index in [0.29, 0.717) is 17.3 Å². The number of amides is 1. The lowest BCUT2D eigenvalue weighted by Gasteiger charge is -2.05. The van der Waals surface area contributed by atoms with E-state index in [2.05, 4.69) is 26.2 Å². The first kappa shape index (κ1) is 12.9. The molecule has 0 bridgehead atoms. The highest BCUT2D eigenvalue weighted by molar-refractivity contribution is 9.10. The van der Waals surface area contributed by atoms with Crippen molar-refractivity contribution in [3.05, 3.63) is 46.6 Å². The Hall–Kier alpha value is -2.08. The van der Waals surface area contributed by atoms with Gasteiger partial charge in [-0.2, -0.15) is 0 Å². The lowest BCUT2D eigenvalue weighted by Crippen LogP contribution is -2.15. The van der Waals surface area contributed by atoms with Crippen LogP contribution in [0.1, 0.15) is 5.56 Å². The third-order valence-electron chi connectivity index (χ3n) is 2.79. The number of ether oxygens (including phenoxy) is 2. The molecular weight excluding hydrogens is 324 g/mol. The fourth-order valence-corrected chi connectivity index (χ4v) is 2.23. The van der Waals surface area contributed by atoms with Gasteiger partial charge in [0, 0.05) is 10.7 Å². The van der Waals surface area contributed by atoms with Crippen molar-refractivity contribution in [3.63, 3.8) is 0 Å². The van der Waals surface area contributed by atoms with Crippen molar-refractivity contribution in [2.45, 2.75) is 6.42 Å². The molecule has 0 saturated heterocycles. The second kappa shape index (κ2) is 5.50. The minimum Gasteiger partial charge on any atom is -0.454 e. The van der Waals surface area contributed by atoms with Gasteiger partial charge in [-0.3, -0.25) is 4.79 Å². The Morgan fingerprint density at radius 1 is 1.25 bits per heavy atom. The second-order valence-electron chi connectivity index (χ2n) is 4.27. The van der Waals surface area contributed by atoms with E-state index in [0.717, 1.165) is 10.0 Å². The molecule has 0 radical (unpaired) electrons. The topological polar surface area (TPSA) is 60.5 Å². The predicted molar refractivity (Wildman–Crippen MR) is 76.8 cm³/mol. The van der Waals surface area contributed by atoms with Crippen LogP contribution in [0.4, 0.5) is 5.82 Å². The Morgan fingerprint density at radius 3 is 2.95 bits per heavy atom. The zero-order valence-corrected chi connectivity index (χ0v) is 12.0. The first-order chi connectivity index (χ1) is 9.70.